The van der Waals surface area contributed by atoms with E-state index in [2.05, 4.69) is 22.9 Å². The SMILES string of the molecule is CCCCCCBr.Oc1ccccc1. The smallest absolute Gasteiger partial charge is 0.115 e. The lowest BCUT2D eigenvalue weighted by atomic mass is 10.2. The van der Waals surface area contributed by atoms with E-state index in [-0.39, 0.29) is 0 Å². The molecule has 1 aromatic rings. The molecule has 0 atom stereocenters. The number of hydrogen-bond donors (Lipinski definition) is 1. The normalized spacial score (nSPS) is 9.00. The molecule has 1 rings (SSSR count). The zero-order chi connectivity index (χ0) is 10.6. The van der Waals surface area contributed by atoms with Crippen LogP contribution >= 0.6 is 15.9 Å². The van der Waals surface area contributed by atoms with Crippen LogP contribution in [0.15, 0.2) is 30.3 Å². The third kappa shape index (κ3) is 9.59. The number of unbranched alkanes of at least 4 members (excludes halogenated alkanes) is 3. The van der Waals surface area contributed by atoms with Crippen molar-refractivity contribution in [3.05, 3.63) is 30.3 Å². The Labute approximate surface area is 95.3 Å². The molecule has 1 aromatic carbocycles. The lowest BCUT2D eigenvalue weighted by Gasteiger charge is -1.89. The van der Waals surface area contributed by atoms with Crippen LogP contribution in [-0.4, -0.2) is 10.4 Å². The zero-order valence-electron chi connectivity index (χ0n) is 8.75. The summed E-state index contributed by atoms with van der Waals surface area (Å²) in [6.45, 7) is 2.23. The number of benzene rings is 1. The Bertz CT molecular complexity index is 195. The Balaban J connectivity index is 0.000000241. The molecular formula is C12H19BrO. The third-order valence-electron chi connectivity index (χ3n) is 1.74. The number of alkyl halides is 1. The third-order valence-corrected chi connectivity index (χ3v) is 2.30. The van der Waals surface area contributed by atoms with E-state index in [0.29, 0.717) is 5.75 Å². The topological polar surface area (TPSA) is 20.2 Å². The quantitative estimate of drug-likeness (QED) is 0.629. The molecule has 0 radical (unpaired) electrons. The fourth-order valence-electron chi connectivity index (χ4n) is 0.949. The highest BCUT2D eigenvalue weighted by molar-refractivity contribution is 9.09. The summed E-state index contributed by atoms with van der Waals surface area (Å²) in [5.41, 5.74) is 0. The Morgan fingerprint density at radius 1 is 1.07 bits per heavy atom. The zero-order valence-corrected chi connectivity index (χ0v) is 10.3. The van der Waals surface area contributed by atoms with E-state index < -0.39 is 0 Å². The van der Waals surface area contributed by atoms with Gasteiger partial charge in [-0.25, -0.2) is 0 Å². The Hall–Kier alpha value is -0.500. The molecule has 2 heteroatoms. The summed E-state index contributed by atoms with van der Waals surface area (Å²) in [6.07, 6.45) is 5.47. The van der Waals surface area contributed by atoms with Gasteiger partial charge in [0.15, 0.2) is 0 Å². The van der Waals surface area contributed by atoms with E-state index in [0.717, 1.165) is 0 Å². The van der Waals surface area contributed by atoms with Gasteiger partial charge in [0, 0.05) is 5.33 Å². The molecule has 0 heterocycles. The van der Waals surface area contributed by atoms with Gasteiger partial charge in [-0.15, -0.1) is 0 Å². The highest BCUT2D eigenvalue weighted by atomic mass is 79.9. The maximum Gasteiger partial charge on any atom is 0.115 e. The predicted octanol–water partition coefficient (Wildman–Crippen LogP) is 4.35. The molecule has 80 valence electrons. The van der Waals surface area contributed by atoms with Gasteiger partial charge in [-0.3, -0.25) is 0 Å². The first kappa shape index (κ1) is 13.5. The van der Waals surface area contributed by atoms with Crippen molar-refractivity contribution < 1.29 is 5.11 Å². The minimum absolute atomic E-state index is 0.322. The van der Waals surface area contributed by atoms with Crippen molar-refractivity contribution in [1.29, 1.82) is 0 Å². The first-order chi connectivity index (χ1) is 6.81. The van der Waals surface area contributed by atoms with Gasteiger partial charge < -0.3 is 5.11 Å². The molecule has 0 aliphatic heterocycles. The van der Waals surface area contributed by atoms with Crippen LogP contribution in [0.25, 0.3) is 0 Å². The first-order valence-electron chi connectivity index (χ1n) is 5.11. The minimum Gasteiger partial charge on any atom is -0.508 e. The molecule has 0 spiro atoms. The Morgan fingerprint density at radius 2 is 1.71 bits per heavy atom. The molecule has 0 saturated heterocycles. The second-order valence-electron chi connectivity index (χ2n) is 3.09. The van der Waals surface area contributed by atoms with E-state index in [4.69, 9.17) is 5.11 Å². The highest BCUT2D eigenvalue weighted by Crippen LogP contribution is 2.02. The predicted molar refractivity (Wildman–Crippen MR) is 66.0 cm³/mol. The second-order valence-corrected chi connectivity index (χ2v) is 3.88. The summed E-state index contributed by atoms with van der Waals surface area (Å²) in [7, 11) is 0. The van der Waals surface area contributed by atoms with E-state index in [1.165, 1.54) is 31.0 Å². The van der Waals surface area contributed by atoms with Crippen molar-refractivity contribution in [2.24, 2.45) is 0 Å². The number of phenolic OH excluding ortho intramolecular Hbond substituents is 1. The van der Waals surface area contributed by atoms with Crippen molar-refractivity contribution in [2.75, 3.05) is 5.33 Å². The van der Waals surface area contributed by atoms with E-state index in [1.807, 2.05) is 6.07 Å². The average molecular weight is 259 g/mol. The van der Waals surface area contributed by atoms with Crippen molar-refractivity contribution in [3.63, 3.8) is 0 Å². The van der Waals surface area contributed by atoms with Crippen LogP contribution in [0.3, 0.4) is 0 Å². The summed E-state index contributed by atoms with van der Waals surface area (Å²) in [6, 6.07) is 8.71. The summed E-state index contributed by atoms with van der Waals surface area (Å²) < 4.78 is 0. The van der Waals surface area contributed by atoms with Crippen LogP contribution in [0.4, 0.5) is 0 Å². The lowest BCUT2D eigenvalue weighted by Crippen LogP contribution is -1.73. The standard InChI is InChI=1S/C6H13Br.C6H6O/c1-2-3-4-5-6-7;7-6-4-2-1-3-5-6/h2-6H2,1H3;1-5,7H. The van der Waals surface area contributed by atoms with Crippen LogP contribution in [-0.2, 0) is 0 Å². The monoisotopic (exact) mass is 258 g/mol. The molecule has 0 saturated carbocycles. The first-order valence-corrected chi connectivity index (χ1v) is 6.23. The molecule has 0 unspecified atom stereocenters. The van der Waals surface area contributed by atoms with Gasteiger partial charge in [0.1, 0.15) is 5.75 Å². The molecule has 1 nitrogen and oxygen atoms in total. The van der Waals surface area contributed by atoms with Crippen molar-refractivity contribution in [1.82, 2.24) is 0 Å². The van der Waals surface area contributed by atoms with E-state index in [1.54, 1.807) is 24.3 Å². The molecule has 0 bridgehead atoms. The maximum atomic E-state index is 8.63. The second kappa shape index (κ2) is 10.6. The summed E-state index contributed by atoms with van der Waals surface area (Å²) in [5.74, 6) is 0.322. The number of aromatic hydroxyl groups is 1. The van der Waals surface area contributed by atoms with Crippen molar-refractivity contribution >= 4 is 15.9 Å². The van der Waals surface area contributed by atoms with Crippen LogP contribution in [0.1, 0.15) is 32.6 Å². The average Bonchev–Trinajstić information content (AvgIpc) is 2.21. The summed E-state index contributed by atoms with van der Waals surface area (Å²) in [4.78, 5) is 0. The number of halogens is 1. The molecule has 1 N–H and O–H groups in total. The minimum atomic E-state index is 0.322. The van der Waals surface area contributed by atoms with E-state index >= 15 is 0 Å². The molecule has 0 aliphatic rings. The summed E-state index contributed by atoms with van der Waals surface area (Å²) in [5, 5.41) is 9.81. The van der Waals surface area contributed by atoms with Gasteiger partial charge >= 0.3 is 0 Å². The molecule has 0 aromatic heterocycles. The van der Waals surface area contributed by atoms with Gasteiger partial charge in [-0.2, -0.15) is 0 Å². The lowest BCUT2D eigenvalue weighted by molar-refractivity contribution is 0.475. The molecule has 14 heavy (non-hydrogen) atoms. The molecular weight excluding hydrogens is 240 g/mol. The van der Waals surface area contributed by atoms with Gasteiger partial charge in [0.05, 0.1) is 0 Å². The summed E-state index contributed by atoms with van der Waals surface area (Å²) >= 11 is 3.38. The fraction of sp³-hybridized carbons (Fsp3) is 0.500. The van der Waals surface area contributed by atoms with Gasteiger partial charge in [-0.05, 0) is 18.6 Å². The van der Waals surface area contributed by atoms with Gasteiger partial charge in [0.2, 0.25) is 0 Å². The van der Waals surface area contributed by atoms with Crippen LogP contribution in [0.2, 0.25) is 0 Å². The number of para-hydroxylation sites is 1. The van der Waals surface area contributed by atoms with E-state index in [9.17, 15) is 0 Å². The largest absolute Gasteiger partial charge is 0.508 e. The molecule has 0 aliphatic carbocycles. The number of rotatable bonds is 4. The Kier molecular flexibility index (Phi) is 10.2. The van der Waals surface area contributed by atoms with Gasteiger partial charge in [0.25, 0.3) is 0 Å². The van der Waals surface area contributed by atoms with Gasteiger partial charge in [-0.1, -0.05) is 60.3 Å². The maximum absolute atomic E-state index is 8.63. The van der Waals surface area contributed by atoms with Crippen LogP contribution in [0, 0.1) is 0 Å². The Morgan fingerprint density at radius 3 is 2.07 bits per heavy atom. The van der Waals surface area contributed by atoms with Crippen molar-refractivity contribution in [3.8, 4) is 5.75 Å². The highest BCUT2D eigenvalue weighted by Gasteiger charge is 1.81. The fourth-order valence-corrected chi connectivity index (χ4v) is 1.35. The molecule has 0 fully saturated rings. The number of phenols is 1. The van der Waals surface area contributed by atoms with Crippen LogP contribution in [0.5, 0.6) is 5.75 Å². The van der Waals surface area contributed by atoms with Crippen molar-refractivity contribution in [2.45, 2.75) is 32.6 Å². The molecule has 0 amide bonds. The number of hydrogen-bond acceptors (Lipinski definition) is 1. The van der Waals surface area contributed by atoms with Crippen LogP contribution < -0.4 is 0 Å².